The molecule has 4 heteroatoms. The number of fused-ring (bicyclic) bond motifs is 1. The molecule has 4 nitrogen and oxygen atoms in total. The highest BCUT2D eigenvalue weighted by Gasteiger charge is 2.32. The molecule has 0 bridgehead atoms. The van der Waals surface area contributed by atoms with Gasteiger partial charge in [-0.15, -0.1) is 0 Å². The molecule has 0 aliphatic rings. The van der Waals surface area contributed by atoms with Crippen molar-refractivity contribution < 1.29 is 4.79 Å². The van der Waals surface area contributed by atoms with Gasteiger partial charge in [0.2, 0.25) is 5.91 Å². The van der Waals surface area contributed by atoms with Gasteiger partial charge < -0.3 is 5.73 Å². The fourth-order valence-electron chi connectivity index (χ4n) is 2.28. The third-order valence-corrected chi connectivity index (χ3v) is 2.99. The minimum absolute atomic E-state index is 0.252. The first-order valence-corrected chi connectivity index (χ1v) is 5.90. The van der Waals surface area contributed by atoms with E-state index in [4.69, 9.17) is 5.73 Å². The maximum absolute atomic E-state index is 11.8. The Morgan fingerprint density at radius 1 is 1.22 bits per heavy atom. The number of nitrogens with two attached hydrogens (primary N) is 1. The molecule has 2 aromatic rings. The van der Waals surface area contributed by atoms with E-state index in [0.29, 0.717) is 0 Å². The Bertz CT molecular complexity index is 582. The topological polar surface area (TPSA) is 68.9 Å². The minimum Gasteiger partial charge on any atom is -0.369 e. The summed E-state index contributed by atoms with van der Waals surface area (Å²) in [5, 5.41) is 0. The summed E-state index contributed by atoms with van der Waals surface area (Å²) in [7, 11) is 0. The first-order chi connectivity index (χ1) is 8.41. The Labute approximate surface area is 106 Å². The van der Waals surface area contributed by atoms with Crippen LogP contribution in [0.5, 0.6) is 0 Å². The minimum atomic E-state index is -0.377. The van der Waals surface area contributed by atoms with Gasteiger partial charge in [-0.3, -0.25) is 14.8 Å². The molecule has 18 heavy (non-hydrogen) atoms. The molecule has 0 saturated carbocycles. The molecule has 0 aromatic carbocycles. The third kappa shape index (κ3) is 2.18. The molecule has 1 amide bonds. The van der Waals surface area contributed by atoms with Crippen molar-refractivity contribution >= 4 is 16.9 Å². The van der Waals surface area contributed by atoms with Crippen LogP contribution in [0.2, 0.25) is 0 Å². The lowest BCUT2D eigenvalue weighted by atomic mass is 9.76. The van der Waals surface area contributed by atoms with Crippen LogP contribution in [0.25, 0.3) is 11.0 Å². The molecule has 2 aromatic heterocycles. The SMILES string of the molecule is CC(C)(C)C(C(N)=O)c1ccnc2cccnc12. The van der Waals surface area contributed by atoms with Gasteiger partial charge in [0.15, 0.2) is 0 Å². The summed E-state index contributed by atoms with van der Waals surface area (Å²) in [6, 6.07) is 5.54. The maximum Gasteiger partial charge on any atom is 0.225 e. The van der Waals surface area contributed by atoms with E-state index in [-0.39, 0.29) is 17.2 Å². The Morgan fingerprint density at radius 2 is 1.94 bits per heavy atom. The number of hydrogen-bond acceptors (Lipinski definition) is 3. The summed E-state index contributed by atoms with van der Waals surface area (Å²) in [5.41, 5.74) is 7.69. The molecule has 2 heterocycles. The van der Waals surface area contributed by atoms with E-state index in [1.807, 2.05) is 39.0 Å². The second-order valence-corrected chi connectivity index (χ2v) is 5.47. The number of rotatable bonds is 2. The van der Waals surface area contributed by atoms with Crippen LogP contribution in [0, 0.1) is 5.41 Å². The second kappa shape index (κ2) is 4.37. The van der Waals surface area contributed by atoms with Crippen LogP contribution in [0.15, 0.2) is 30.6 Å². The number of carbonyl (C=O) groups excluding carboxylic acids is 1. The van der Waals surface area contributed by atoms with Gasteiger partial charge in [0.25, 0.3) is 0 Å². The molecule has 1 atom stereocenters. The average molecular weight is 243 g/mol. The molecule has 2 rings (SSSR count). The summed E-state index contributed by atoms with van der Waals surface area (Å²) >= 11 is 0. The van der Waals surface area contributed by atoms with E-state index in [1.54, 1.807) is 12.4 Å². The second-order valence-electron chi connectivity index (χ2n) is 5.47. The van der Waals surface area contributed by atoms with Crippen molar-refractivity contribution in [1.29, 1.82) is 0 Å². The lowest BCUT2D eigenvalue weighted by molar-refractivity contribution is -0.121. The maximum atomic E-state index is 11.8. The van der Waals surface area contributed by atoms with Crippen LogP contribution in [-0.2, 0) is 4.79 Å². The summed E-state index contributed by atoms with van der Waals surface area (Å²) < 4.78 is 0. The summed E-state index contributed by atoms with van der Waals surface area (Å²) in [6.07, 6.45) is 3.40. The highest BCUT2D eigenvalue weighted by Crippen LogP contribution is 2.36. The first-order valence-electron chi connectivity index (χ1n) is 5.90. The van der Waals surface area contributed by atoms with Gasteiger partial charge in [-0.2, -0.15) is 0 Å². The van der Waals surface area contributed by atoms with E-state index < -0.39 is 0 Å². The van der Waals surface area contributed by atoms with Crippen LogP contribution in [0.4, 0.5) is 0 Å². The predicted octanol–water partition coefficient (Wildman–Crippen LogP) is 2.24. The fraction of sp³-hybridized carbons (Fsp3) is 0.357. The lowest BCUT2D eigenvalue weighted by Gasteiger charge is -2.28. The molecular formula is C14H17N3O. The van der Waals surface area contributed by atoms with Gasteiger partial charge in [0, 0.05) is 12.4 Å². The molecule has 0 spiro atoms. The highest BCUT2D eigenvalue weighted by atomic mass is 16.1. The van der Waals surface area contributed by atoms with Gasteiger partial charge in [-0.25, -0.2) is 0 Å². The molecule has 0 aliphatic heterocycles. The molecule has 0 saturated heterocycles. The van der Waals surface area contributed by atoms with Crippen molar-refractivity contribution in [3.05, 3.63) is 36.2 Å². The zero-order valence-corrected chi connectivity index (χ0v) is 10.8. The number of amides is 1. The van der Waals surface area contributed by atoms with Crippen LogP contribution < -0.4 is 5.73 Å². The first kappa shape index (κ1) is 12.5. The predicted molar refractivity (Wildman–Crippen MR) is 70.9 cm³/mol. The van der Waals surface area contributed by atoms with Crippen molar-refractivity contribution in [2.45, 2.75) is 26.7 Å². The van der Waals surface area contributed by atoms with Crippen molar-refractivity contribution in [3.63, 3.8) is 0 Å². The summed E-state index contributed by atoms with van der Waals surface area (Å²) in [4.78, 5) is 20.3. The summed E-state index contributed by atoms with van der Waals surface area (Å²) in [6.45, 7) is 5.99. The fourth-order valence-corrected chi connectivity index (χ4v) is 2.28. The lowest BCUT2D eigenvalue weighted by Crippen LogP contribution is -2.32. The smallest absolute Gasteiger partial charge is 0.225 e. The number of primary amides is 1. The zero-order chi connectivity index (χ0) is 13.3. The average Bonchev–Trinajstić information content (AvgIpc) is 2.27. The van der Waals surface area contributed by atoms with Crippen molar-refractivity contribution in [1.82, 2.24) is 9.97 Å². The Kier molecular flexibility index (Phi) is 3.03. The van der Waals surface area contributed by atoms with Crippen LogP contribution in [-0.4, -0.2) is 15.9 Å². The van der Waals surface area contributed by atoms with Gasteiger partial charge in [0.05, 0.1) is 17.0 Å². The van der Waals surface area contributed by atoms with Crippen LogP contribution in [0.3, 0.4) is 0 Å². The number of carbonyl (C=O) groups is 1. The van der Waals surface area contributed by atoms with E-state index in [1.165, 1.54) is 0 Å². The van der Waals surface area contributed by atoms with Gasteiger partial charge in [0.1, 0.15) is 0 Å². The molecule has 0 fully saturated rings. The normalized spacial score (nSPS) is 13.5. The quantitative estimate of drug-likeness (QED) is 0.879. The van der Waals surface area contributed by atoms with Gasteiger partial charge >= 0.3 is 0 Å². The van der Waals surface area contributed by atoms with E-state index in [2.05, 4.69) is 9.97 Å². The van der Waals surface area contributed by atoms with Crippen molar-refractivity contribution in [2.75, 3.05) is 0 Å². The largest absolute Gasteiger partial charge is 0.369 e. The Morgan fingerprint density at radius 3 is 2.56 bits per heavy atom. The van der Waals surface area contributed by atoms with E-state index >= 15 is 0 Å². The summed E-state index contributed by atoms with van der Waals surface area (Å²) in [5.74, 6) is -0.710. The van der Waals surface area contributed by atoms with Gasteiger partial charge in [-0.1, -0.05) is 20.8 Å². The Hall–Kier alpha value is -1.97. The molecule has 2 N–H and O–H groups in total. The number of pyridine rings is 2. The molecule has 94 valence electrons. The van der Waals surface area contributed by atoms with E-state index in [0.717, 1.165) is 16.6 Å². The van der Waals surface area contributed by atoms with Gasteiger partial charge in [-0.05, 0) is 29.2 Å². The van der Waals surface area contributed by atoms with Crippen LogP contribution in [0.1, 0.15) is 32.3 Å². The van der Waals surface area contributed by atoms with Crippen molar-refractivity contribution in [2.24, 2.45) is 11.1 Å². The molecular weight excluding hydrogens is 226 g/mol. The standard InChI is InChI=1S/C14H17N3O/c1-14(2,3)11(13(15)18)9-6-8-16-10-5-4-7-17-12(9)10/h4-8,11H,1-3H3,(H2,15,18). The number of aromatic nitrogens is 2. The Balaban J connectivity index is 2.69. The number of hydrogen-bond donors (Lipinski definition) is 1. The zero-order valence-electron chi connectivity index (χ0n) is 10.8. The monoisotopic (exact) mass is 243 g/mol. The molecule has 0 aliphatic carbocycles. The van der Waals surface area contributed by atoms with Crippen molar-refractivity contribution in [3.8, 4) is 0 Å². The molecule has 0 radical (unpaired) electrons. The third-order valence-electron chi connectivity index (χ3n) is 2.99. The van der Waals surface area contributed by atoms with E-state index in [9.17, 15) is 4.79 Å². The highest BCUT2D eigenvalue weighted by molar-refractivity contribution is 5.89. The number of nitrogens with zero attached hydrogens (tertiary/aromatic N) is 2. The van der Waals surface area contributed by atoms with Crippen LogP contribution >= 0.6 is 0 Å². The molecule has 1 unspecified atom stereocenters.